The van der Waals surface area contributed by atoms with E-state index < -0.39 is 6.36 Å². The summed E-state index contributed by atoms with van der Waals surface area (Å²) in [5.74, 6) is 1.36. The van der Waals surface area contributed by atoms with Crippen LogP contribution in [0.25, 0.3) is 22.0 Å². The van der Waals surface area contributed by atoms with E-state index in [1.54, 1.807) is 6.07 Å². The number of nitrogens with zero attached hydrogens (tertiary/aromatic N) is 3. The lowest BCUT2D eigenvalue weighted by atomic mass is 9.98. The van der Waals surface area contributed by atoms with Gasteiger partial charge in [0.1, 0.15) is 19.0 Å². The van der Waals surface area contributed by atoms with Gasteiger partial charge in [-0.2, -0.15) is 0 Å². The Morgan fingerprint density at radius 1 is 0.761 bits per heavy atom. The molecule has 0 bridgehead atoms. The molecule has 1 saturated heterocycles. The SMILES string of the molecule is Cl.Cl.NCCCn1cc(-c2ccc(OC(F)(F)F)cc2CN)c2cc(CN3CCN(Cc4ccc5c(c4)OCCO5)CC3)ccc21. The fourth-order valence-electron chi connectivity index (χ4n) is 6.11. The molecule has 3 aromatic carbocycles. The third-order valence-corrected chi connectivity index (χ3v) is 8.25. The summed E-state index contributed by atoms with van der Waals surface area (Å²) in [7, 11) is 0. The quantitative estimate of drug-likeness (QED) is 0.214. The van der Waals surface area contributed by atoms with Crippen molar-refractivity contribution in [2.24, 2.45) is 11.5 Å². The zero-order valence-electron chi connectivity index (χ0n) is 25.4. The highest BCUT2D eigenvalue weighted by Crippen LogP contribution is 2.37. The zero-order valence-corrected chi connectivity index (χ0v) is 27.1. The van der Waals surface area contributed by atoms with Crippen LogP contribution in [0.5, 0.6) is 17.2 Å². The number of aryl methyl sites for hydroxylation is 1. The number of alkyl halides is 3. The van der Waals surface area contributed by atoms with E-state index in [2.05, 4.69) is 55.6 Å². The highest BCUT2D eigenvalue weighted by Gasteiger charge is 2.31. The molecule has 2 aliphatic heterocycles. The summed E-state index contributed by atoms with van der Waals surface area (Å²) in [6.45, 7) is 8.05. The van der Waals surface area contributed by atoms with Gasteiger partial charge in [0.05, 0.1) is 0 Å². The molecule has 0 saturated carbocycles. The molecule has 0 aliphatic carbocycles. The van der Waals surface area contributed by atoms with Gasteiger partial charge in [0.15, 0.2) is 11.5 Å². The van der Waals surface area contributed by atoms with E-state index in [4.69, 9.17) is 20.9 Å². The molecule has 13 heteroatoms. The van der Waals surface area contributed by atoms with Crippen LogP contribution >= 0.6 is 24.8 Å². The van der Waals surface area contributed by atoms with Crippen molar-refractivity contribution in [3.05, 3.63) is 77.5 Å². The van der Waals surface area contributed by atoms with Crippen molar-refractivity contribution >= 4 is 35.7 Å². The smallest absolute Gasteiger partial charge is 0.486 e. The molecule has 0 atom stereocenters. The molecule has 2 aliphatic rings. The van der Waals surface area contributed by atoms with Crippen LogP contribution in [-0.2, 0) is 26.2 Å². The lowest BCUT2D eigenvalue weighted by Gasteiger charge is -2.35. The van der Waals surface area contributed by atoms with E-state index in [0.717, 1.165) is 85.8 Å². The number of nitrogens with two attached hydrogens (primary N) is 2. The Bertz CT molecular complexity index is 1610. The molecule has 0 radical (unpaired) electrons. The van der Waals surface area contributed by atoms with Gasteiger partial charge in [0, 0.05) is 75.0 Å². The molecular weight excluding hydrogens is 642 g/mol. The van der Waals surface area contributed by atoms with Crippen LogP contribution in [0.2, 0.25) is 0 Å². The zero-order chi connectivity index (χ0) is 30.7. The van der Waals surface area contributed by atoms with Crippen LogP contribution in [0.3, 0.4) is 0 Å². The van der Waals surface area contributed by atoms with Crippen molar-refractivity contribution in [3.8, 4) is 28.4 Å². The monoisotopic (exact) mass is 681 g/mol. The van der Waals surface area contributed by atoms with Crippen molar-refractivity contribution in [3.63, 3.8) is 0 Å². The highest BCUT2D eigenvalue weighted by atomic mass is 35.5. The van der Waals surface area contributed by atoms with E-state index in [-0.39, 0.29) is 37.1 Å². The number of hydrogen-bond acceptors (Lipinski definition) is 7. The van der Waals surface area contributed by atoms with Gasteiger partial charge in [0.2, 0.25) is 0 Å². The lowest BCUT2D eigenvalue weighted by Crippen LogP contribution is -2.45. The number of halogens is 5. The van der Waals surface area contributed by atoms with Crippen LogP contribution in [0, 0.1) is 0 Å². The minimum Gasteiger partial charge on any atom is -0.486 e. The van der Waals surface area contributed by atoms with Gasteiger partial charge in [-0.3, -0.25) is 9.80 Å². The normalized spacial score (nSPS) is 15.3. The first kappa shape index (κ1) is 35.7. The predicted octanol–water partition coefficient (Wildman–Crippen LogP) is 5.95. The van der Waals surface area contributed by atoms with E-state index in [1.807, 2.05) is 6.07 Å². The van der Waals surface area contributed by atoms with Crippen molar-refractivity contribution in [1.82, 2.24) is 14.4 Å². The lowest BCUT2D eigenvalue weighted by molar-refractivity contribution is -0.274. The topological polar surface area (TPSA) is 91.1 Å². The summed E-state index contributed by atoms with van der Waals surface area (Å²) < 4.78 is 56.3. The molecule has 0 amide bonds. The first-order chi connectivity index (χ1) is 21.3. The number of ether oxygens (including phenoxy) is 3. The number of aromatic nitrogens is 1. The van der Waals surface area contributed by atoms with Crippen LogP contribution in [-0.4, -0.2) is 66.7 Å². The number of fused-ring (bicyclic) bond motifs is 2. The first-order valence-corrected chi connectivity index (χ1v) is 15.0. The second-order valence-corrected chi connectivity index (χ2v) is 11.3. The Morgan fingerprint density at radius 3 is 2.07 bits per heavy atom. The van der Waals surface area contributed by atoms with Gasteiger partial charge in [-0.1, -0.05) is 18.2 Å². The van der Waals surface area contributed by atoms with E-state index in [1.165, 1.54) is 23.3 Å². The van der Waals surface area contributed by atoms with Gasteiger partial charge >= 0.3 is 6.36 Å². The molecule has 4 aromatic rings. The maximum Gasteiger partial charge on any atom is 0.573 e. The van der Waals surface area contributed by atoms with Crippen LogP contribution in [0.1, 0.15) is 23.1 Å². The molecule has 250 valence electrons. The van der Waals surface area contributed by atoms with Crippen molar-refractivity contribution in [2.75, 3.05) is 45.9 Å². The fraction of sp³-hybridized carbons (Fsp3) is 0.394. The number of hydrogen-bond donors (Lipinski definition) is 2. The van der Waals surface area contributed by atoms with Crippen molar-refractivity contribution < 1.29 is 27.4 Å². The molecule has 6 rings (SSSR count). The van der Waals surface area contributed by atoms with Crippen LogP contribution < -0.4 is 25.7 Å². The van der Waals surface area contributed by atoms with E-state index >= 15 is 0 Å². The maximum absolute atomic E-state index is 12.9. The molecule has 0 spiro atoms. The van der Waals surface area contributed by atoms with Crippen LogP contribution in [0.4, 0.5) is 13.2 Å². The van der Waals surface area contributed by atoms with Gasteiger partial charge < -0.3 is 30.2 Å². The Hall–Kier alpha value is -3.19. The fourth-order valence-corrected chi connectivity index (χ4v) is 6.11. The Morgan fingerprint density at radius 2 is 1.41 bits per heavy atom. The highest BCUT2D eigenvalue weighted by molar-refractivity contribution is 5.97. The van der Waals surface area contributed by atoms with Gasteiger partial charge in [0.25, 0.3) is 0 Å². The Balaban J connectivity index is 0.00000240. The molecule has 1 aromatic heterocycles. The second-order valence-electron chi connectivity index (χ2n) is 11.3. The molecule has 0 unspecified atom stereocenters. The van der Waals surface area contributed by atoms with Crippen LogP contribution in [0.15, 0.2) is 60.8 Å². The molecule has 46 heavy (non-hydrogen) atoms. The predicted molar refractivity (Wildman–Crippen MR) is 178 cm³/mol. The molecule has 4 N–H and O–H groups in total. The minimum atomic E-state index is -4.77. The Kier molecular flexibility index (Phi) is 12.1. The summed E-state index contributed by atoms with van der Waals surface area (Å²) >= 11 is 0. The summed E-state index contributed by atoms with van der Waals surface area (Å²) in [5.41, 5.74) is 17.6. The third-order valence-electron chi connectivity index (χ3n) is 8.25. The van der Waals surface area contributed by atoms with E-state index in [0.29, 0.717) is 25.3 Å². The summed E-state index contributed by atoms with van der Waals surface area (Å²) in [6.07, 6.45) is -1.90. The first-order valence-electron chi connectivity index (χ1n) is 15.0. The second kappa shape index (κ2) is 15.6. The van der Waals surface area contributed by atoms with Crippen molar-refractivity contribution in [1.29, 1.82) is 0 Å². The number of benzene rings is 3. The minimum absolute atomic E-state index is 0. The molecule has 3 heterocycles. The van der Waals surface area contributed by atoms with Gasteiger partial charge in [-0.25, -0.2) is 0 Å². The molecule has 8 nitrogen and oxygen atoms in total. The van der Waals surface area contributed by atoms with Gasteiger partial charge in [-0.15, -0.1) is 38.0 Å². The summed E-state index contributed by atoms with van der Waals surface area (Å²) in [4.78, 5) is 4.92. The maximum atomic E-state index is 12.9. The standard InChI is InChI=1S/C33H38F3N5O3.2ClH/c34-33(35,36)44-26-4-5-27(25(18-26)19-38)29-22-41(9-1-8-37)30-6-2-23(16-28(29)30)20-39-10-12-40(13-11-39)21-24-3-7-31-32(17-24)43-15-14-42-31;;/h2-7,16-18,22H,1,8-15,19-21,37-38H2;2*1H. The average molecular weight is 683 g/mol. The Labute approximate surface area is 279 Å². The molecule has 1 fully saturated rings. The number of piperazine rings is 1. The summed E-state index contributed by atoms with van der Waals surface area (Å²) in [5, 5.41) is 1.04. The average Bonchev–Trinajstić information content (AvgIpc) is 3.37. The van der Waals surface area contributed by atoms with E-state index in [9.17, 15) is 13.2 Å². The summed E-state index contributed by atoms with van der Waals surface area (Å²) in [6, 6.07) is 17.1. The third kappa shape index (κ3) is 8.39. The number of rotatable bonds is 10. The largest absolute Gasteiger partial charge is 0.573 e. The van der Waals surface area contributed by atoms with Gasteiger partial charge in [-0.05, 0) is 71.6 Å². The van der Waals surface area contributed by atoms with Crippen molar-refractivity contribution in [2.45, 2.75) is 39.0 Å². The molecular formula is C33H40Cl2F3N5O3.